The molecule has 1 N–H and O–H groups in total. The summed E-state index contributed by atoms with van der Waals surface area (Å²) in [7, 11) is 0. The Morgan fingerprint density at radius 3 is 2.90 bits per heavy atom. The highest BCUT2D eigenvalue weighted by Crippen LogP contribution is 2.33. The highest BCUT2D eigenvalue weighted by Gasteiger charge is 2.34. The van der Waals surface area contributed by atoms with Crippen LogP contribution in [0.5, 0.6) is 0 Å². The molecule has 1 heterocycles. The van der Waals surface area contributed by atoms with Crippen LogP contribution in [0.3, 0.4) is 0 Å². The molecule has 0 saturated carbocycles. The Morgan fingerprint density at radius 2 is 2.10 bits per heavy atom. The van der Waals surface area contributed by atoms with E-state index in [1.54, 1.807) is 4.90 Å². The summed E-state index contributed by atoms with van der Waals surface area (Å²) >= 11 is 0. The maximum atomic E-state index is 12.8. The number of amides is 1. The van der Waals surface area contributed by atoms with Crippen molar-refractivity contribution in [3.05, 3.63) is 35.4 Å². The maximum absolute atomic E-state index is 12.8. The van der Waals surface area contributed by atoms with Gasteiger partial charge in [-0.2, -0.15) is 0 Å². The Hall–Kier alpha value is -1.88. The van der Waals surface area contributed by atoms with Crippen LogP contribution in [0, 0.1) is 0 Å². The lowest BCUT2D eigenvalue weighted by Gasteiger charge is -2.35. The summed E-state index contributed by atoms with van der Waals surface area (Å²) in [5.41, 5.74) is 2.34. The van der Waals surface area contributed by atoms with Crippen LogP contribution in [-0.4, -0.2) is 47.7 Å². The molecule has 0 unspecified atom stereocenters. The van der Waals surface area contributed by atoms with Gasteiger partial charge in [0, 0.05) is 6.54 Å². The fraction of sp³-hybridized carbons (Fsp3) is 0.500. The third kappa shape index (κ3) is 2.78. The number of carboxylic acids is 1. The van der Waals surface area contributed by atoms with E-state index in [-0.39, 0.29) is 25.0 Å². The van der Waals surface area contributed by atoms with E-state index in [4.69, 9.17) is 9.84 Å². The second kappa shape index (κ2) is 5.85. The van der Waals surface area contributed by atoms with E-state index in [0.717, 1.165) is 24.8 Å². The Morgan fingerprint density at radius 1 is 1.29 bits per heavy atom. The van der Waals surface area contributed by atoms with Gasteiger partial charge in [0.05, 0.1) is 19.1 Å². The summed E-state index contributed by atoms with van der Waals surface area (Å²) in [4.78, 5) is 25.4. The van der Waals surface area contributed by atoms with Crippen LogP contribution in [0.2, 0.25) is 0 Å². The first-order chi connectivity index (χ1) is 10.2. The molecule has 1 aliphatic carbocycles. The first kappa shape index (κ1) is 14.1. The topological polar surface area (TPSA) is 66.8 Å². The van der Waals surface area contributed by atoms with Crippen LogP contribution >= 0.6 is 0 Å². The van der Waals surface area contributed by atoms with E-state index < -0.39 is 12.1 Å². The molecule has 1 aliphatic heterocycles. The van der Waals surface area contributed by atoms with E-state index in [1.807, 2.05) is 18.2 Å². The summed E-state index contributed by atoms with van der Waals surface area (Å²) < 4.78 is 5.18. The Kier molecular flexibility index (Phi) is 3.92. The van der Waals surface area contributed by atoms with E-state index in [1.165, 1.54) is 5.56 Å². The molecule has 112 valence electrons. The van der Waals surface area contributed by atoms with Crippen LogP contribution in [-0.2, 0) is 20.7 Å². The molecule has 21 heavy (non-hydrogen) atoms. The number of carbonyl (C=O) groups is 2. The standard InChI is InChI=1S/C16H19NO4/c18-15(17-8-9-21-14(10-17)16(19)20)13-7-3-5-11-4-1-2-6-12(11)13/h1-2,4,6,13-14H,3,5,7-10H2,(H,19,20)/t13-,14-/m0/s1. The second-order valence-electron chi connectivity index (χ2n) is 5.63. The van der Waals surface area contributed by atoms with Gasteiger partial charge in [-0.25, -0.2) is 4.79 Å². The molecule has 2 aliphatic rings. The summed E-state index contributed by atoms with van der Waals surface area (Å²) in [6.45, 7) is 0.908. The van der Waals surface area contributed by atoms with Gasteiger partial charge in [-0.3, -0.25) is 4.79 Å². The average molecular weight is 289 g/mol. The van der Waals surface area contributed by atoms with E-state index in [0.29, 0.717) is 6.54 Å². The molecule has 1 saturated heterocycles. The van der Waals surface area contributed by atoms with Crippen molar-refractivity contribution in [3.63, 3.8) is 0 Å². The van der Waals surface area contributed by atoms with E-state index >= 15 is 0 Å². The lowest BCUT2D eigenvalue weighted by Crippen LogP contribution is -2.50. The van der Waals surface area contributed by atoms with Gasteiger partial charge < -0.3 is 14.7 Å². The summed E-state index contributed by atoms with van der Waals surface area (Å²) in [6.07, 6.45) is 1.95. The van der Waals surface area contributed by atoms with E-state index in [9.17, 15) is 9.59 Å². The zero-order valence-corrected chi connectivity index (χ0v) is 11.8. The number of nitrogens with zero attached hydrogens (tertiary/aromatic N) is 1. The number of morpholine rings is 1. The van der Waals surface area contributed by atoms with Gasteiger partial charge in [-0.15, -0.1) is 0 Å². The van der Waals surface area contributed by atoms with Crippen LogP contribution in [0.25, 0.3) is 0 Å². The number of carboxylic acid groups (broad SMARTS) is 1. The molecule has 0 bridgehead atoms. The van der Waals surface area contributed by atoms with Crippen molar-refractivity contribution >= 4 is 11.9 Å². The SMILES string of the molecule is O=C(O)[C@@H]1CN(C(=O)[C@H]2CCCc3ccccc32)CCO1. The summed E-state index contributed by atoms with van der Waals surface area (Å²) in [5.74, 6) is -1.10. The van der Waals surface area contributed by atoms with E-state index in [2.05, 4.69) is 6.07 Å². The van der Waals surface area contributed by atoms with Gasteiger partial charge in [-0.05, 0) is 30.4 Å². The minimum absolute atomic E-state index is 0.0386. The van der Waals surface area contributed by atoms with Crippen LogP contribution in [0.15, 0.2) is 24.3 Å². The molecular weight excluding hydrogens is 270 g/mol. The number of ether oxygens (including phenoxy) is 1. The number of rotatable bonds is 2. The normalized spacial score (nSPS) is 25.2. The Bertz CT molecular complexity index is 557. The highest BCUT2D eigenvalue weighted by molar-refractivity contribution is 5.85. The van der Waals surface area contributed by atoms with Gasteiger partial charge in [0.2, 0.25) is 5.91 Å². The molecule has 2 atom stereocenters. The maximum Gasteiger partial charge on any atom is 0.334 e. The summed E-state index contributed by atoms with van der Waals surface area (Å²) in [6, 6.07) is 8.06. The number of benzene rings is 1. The van der Waals surface area contributed by atoms with Crippen LogP contribution < -0.4 is 0 Å². The molecule has 1 aromatic carbocycles. The molecule has 3 rings (SSSR count). The fourth-order valence-electron chi connectivity index (χ4n) is 3.23. The lowest BCUT2D eigenvalue weighted by molar-refractivity contribution is -0.159. The molecule has 5 nitrogen and oxygen atoms in total. The van der Waals surface area contributed by atoms with Gasteiger partial charge >= 0.3 is 5.97 Å². The highest BCUT2D eigenvalue weighted by atomic mass is 16.5. The number of aliphatic carboxylic acids is 1. The minimum Gasteiger partial charge on any atom is -0.479 e. The van der Waals surface area contributed by atoms with Gasteiger partial charge in [0.25, 0.3) is 0 Å². The second-order valence-corrected chi connectivity index (χ2v) is 5.63. The van der Waals surface area contributed by atoms with Gasteiger partial charge in [-0.1, -0.05) is 24.3 Å². The smallest absolute Gasteiger partial charge is 0.334 e. The van der Waals surface area contributed by atoms with Crippen molar-refractivity contribution in [1.82, 2.24) is 4.90 Å². The lowest BCUT2D eigenvalue weighted by atomic mass is 9.82. The first-order valence-electron chi connectivity index (χ1n) is 7.38. The predicted molar refractivity (Wildman–Crippen MR) is 76.1 cm³/mol. The largest absolute Gasteiger partial charge is 0.479 e. The Balaban J connectivity index is 1.78. The molecule has 1 amide bonds. The molecule has 5 heteroatoms. The number of hydrogen-bond acceptors (Lipinski definition) is 3. The number of fused-ring (bicyclic) bond motifs is 1. The molecule has 0 aromatic heterocycles. The zero-order valence-electron chi connectivity index (χ0n) is 11.8. The van der Waals surface area contributed by atoms with Crippen molar-refractivity contribution in [2.24, 2.45) is 0 Å². The van der Waals surface area contributed by atoms with Crippen LogP contribution in [0.4, 0.5) is 0 Å². The third-order valence-corrected chi connectivity index (χ3v) is 4.32. The van der Waals surface area contributed by atoms with Crippen molar-refractivity contribution in [3.8, 4) is 0 Å². The van der Waals surface area contributed by atoms with Crippen molar-refractivity contribution < 1.29 is 19.4 Å². The predicted octanol–water partition coefficient (Wildman–Crippen LogP) is 1.42. The molecule has 1 aromatic rings. The van der Waals surface area contributed by atoms with Crippen molar-refractivity contribution in [2.45, 2.75) is 31.3 Å². The van der Waals surface area contributed by atoms with Crippen molar-refractivity contribution in [1.29, 1.82) is 0 Å². The number of aryl methyl sites for hydroxylation is 1. The summed E-state index contributed by atoms with van der Waals surface area (Å²) in [5, 5.41) is 9.04. The molecule has 0 spiro atoms. The molecule has 0 radical (unpaired) electrons. The number of carbonyl (C=O) groups excluding carboxylic acids is 1. The fourth-order valence-corrected chi connectivity index (χ4v) is 3.23. The van der Waals surface area contributed by atoms with Crippen LogP contribution in [0.1, 0.15) is 29.9 Å². The Labute approximate surface area is 123 Å². The number of hydrogen-bond donors (Lipinski definition) is 1. The molecule has 1 fully saturated rings. The quantitative estimate of drug-likeness (QED) is 0.894. The average Bonchev–Trinajstić information content (AvgIpc) is 2.53. The minimum atomic E-state index is -1.00. The van der Waals surface area contributed by atoms with Gasteiger partial charge in [0.15, 0.2) is 6.10 Å². The first-order valence-corrected chi connectivity index (χ1v) is 7.38. The van der Waals surface area contributed by atoms with Gasteiger partial charge in [0.1, 0.15) is 0 Å². The third-order valence-electron chi connectivity index (χ3n) is 4.32. The molecular formula is C16H19NO4. The monoisotopic (exact) mass is 289 g/mol. The zero-order chi connectivity index (χ0) is 14.8. The van der Waals surface area contributed by atoms with Crippen molar-refractivity contribution in [2.75, 3.05) is 19.7 Å².